The van der Waals surface area contributed by atoms with Crippen LogP contribution in [0.3, 0.4) is 0 Å². The van der Waals surface area contributed by atoms with Crippen molar-refractivity contribution in [3.8, 4) is 5.75 Å². The van der Waals surface area contributed by atoms with Crippen LogP contribution in [-0.4, -0.2) is 11.3 Å². The third kappa shape index (κ3) is 6.37. The topological polar surface area (TPSA) is 45.7 Å². The Kier molecular flexibility index (Phi) is 7.00. The van der Waals surface area contributed by atoms with E-state index in [1.807, 2.05) is 79.7 Å². The van der Waals surface area contributed by atoms with Crippen molar-refractivity contribution >= 4 is 40.8 Å². The van der Waals surface area contributed by atoms with E-state index in [4.69, 9.17) is 28.6 Å². The van der Waals surface area contributed by atoms with E-state index in [0.29, 0.717) is 11.7 Å². The van der Waals surface area contributed by atoms with E-state index < -0.39 is 0 Å². The van der Waals surface area contributed by atoms with Crippen LogP contribution in [0.15, 0.2) is 77.9 Å². The molecule has 0 fully saturated rings. The second-order valence-electron chi connectivity index (χ2n) is 6.18. The predicted octanol–water partition coefficient (Wildman–Crippen LogP) is 5.55. The normalized spacial score (nSPS) is 10.6. The number of nitrogens with zero attached hydrogens (tertiary/aromatic N) is 1. The van der Waals surface area contributed by atoms with Gasteiger partial charge in [-0.3, -0.25) is 5.43 Å². The molecule has 3 aromatic carbocycles. The Balaban J connectivity index is 1.46. The molecular formula is C22H20ClN3OS. The number of nitrogens with one attached hydrogen (secondary N) is 2. The summed E-state index contributed by atoms with van der Waals surface area (Å²) in [6.07, 6.45) is 1.70. The molecule has 0 unspecified atom stereocenters. The van der Waals surface area contributed by atoms with Crippen LogP contribution in [0.4, 0.5) is 5.69 Å². The van der Waals surface area contributed by atoms with Crippen molar-refractivity contribution in [1.82, 2.24) is 5.43 Å². The molecule has 0 radical (unpaired) electrons. The molecule has 2 N–H and O–H groups in total. The smallest absolute Gasteiger partial charge is 0.191 e. The molecular weight excluding hydrogens is 390 g/mol. The molecule has 0 aliphatic carbocycles. The summed E-state index contributed by atoms with van der Waals surface area (Å²) < 4.78 is 5.77. The molecule has 0 amide bonds. The standard InChI is InChI=1S/C22H20ClN3OS/c1-16-3-2-4-20(13-16)25-22(28)26-24-14-17-7-11-21(12-8-17)27-15-18-5-9-19(23)10-6-18/h2-14H,15H2,1H3,(H2,25,26,28)/b24-14-. The molecule has 0 saturated carbocycles. The highest BCUT2D eigenvalue weighted by molar-refractivity contribution is 7.80. The zero-order valence-electron chi connectivity index (χ0n) is 15.4. The van der Waals surface area contributed by atoms with E-state index in [9.17, 15) is 0 Å². The zero-order chi connectivity index (χ0) is 19.8. The van der Waals surface area contributed by atoms with Gasteiger partial charge in [-0.2, -0.15) is 5.10 Å². The molecule has 3 aromatic rings. The first-order chi connectivity index (χ1) is 13.6. The fraction of sp³-hybridized carbons (Fsp3) is 0.0909. The Morgan fingerprint density at radius 2 is 1.82 bits per heavy atom. The Hall–Kier alpha value is -2.89. The molecule has 0 aromatic heterocycles. The van der Waals surface area contributed by atoms with Gasteiger partial charge in [0.05, 0.1) is 6.21 Å². The maximum absolute atomic E-state index is 5.88. The number of halogens is 1. The van der Waals surface area contributed by atoms with E-state index in [1.165, 1.54) is 0 Å². The summed E-state index contributed by atoms with van der Waals surface area (Å²) in [5, 5.41) is 8.40. The zero-order valence-corrected chi connectivity index (χ0v) is 16.9. The lowest BCUT2D eigenvalue weighted by atomic mass is 10.2. The van der Waals surface area contributed by atoms with E-state index in [1.54, 1.807) is 6.21 Å². The summed E-state index contributed by atoms with van der Waals surface area (Å²) >= 11 is 11.1. The molecule has 0 saturated heterocycles. The summed E-state index contributed by atoms with van der Waals surface area (Å²) in [5.74, 6) is 0.789. The molecule has 3 rings (SSSR count). The predicted molar refractivity (Wildman–Crippen MR) is 120 cm³/mol. The lowest BCUT2D eigenvalue weighted by Gasteiger charge is -2.08. The summed E-state index contributed by atoms with van der Waals surface area (Å²) in [5.41, 5.74) is 6.90. The second kappa shape index (κ2) is 9.88. The van der Waals surface area contributed by atoms with Crippen LogP contribution in [-0.2, 0) is 6.61 Å². The first kappa shape index (κ1) is 19.9. The Morgan fingerprint density at radius 3 is 2.54 bits per heavy atom. The highest BCUT2D eigenvalue weighted by atomic mass is 35.5. The lowest BCUT2D eigenvalue weighted by Crippen LogP contribution is -2.23. The van der Waals surface area contributed by atoms with Crippen molar-refractivity contribution < 1.29 is 4.74 Å². The van der Waals surface area contributed by atoms with Gasteiger partial charge in [0.15, 0.2) is 5.11 Å². The van der Waals surface area contributed by atoms with Gasteiger partial charge in [0.2, 0.25) is 0 Å². The molecule has 28 heavy (non-hydrogen) atoms. The number of rotatable bonds is 6. The maximum atomic E-state index is 5.88. The van der Waals surface area contributed by atoms with Gasteiger partial charge in [0, 0.05) is 10.7 Å². The first-order valence-electron chi connectivity index (χ1n) is 8.72. The third-order valence-corrected chi connectivity index (χ3v) is 4.30. The largest absolute Gasteiger partial charge is 0.489 e. The van der Waals surface area contributed by atoms with Gasteiger partial charge in [0.25, 0.3) is 0 Å². The highest BCUT2D eigenvalue weighted by Crippen LogP contribution is 2.15. The van der Waals surface area contributed by atoms with Crippen molar-refractivity contribution in [2.75, 3.05) is 5.32 Å². The Morgan fingerprint density at radius 1 is 1.07 bits per heavy atom. The van der Waals surface area contributed by atoms with Crippen molar-refractivity contribution in [2.24, 2.45) is 5.10 Å². The van der Waals surface area contributed by atoms with E-state index in [-0.39, 0.29) is 0 Å². The number of ether oxygens (including phenoxy) is 1. The first-order valence-corrected chi connectivity index (χ1v) is 9.51. The minimum Gasteiger partial charge on any atom is -0.489 e. The van der Waals surface area contributed by atoms with Crippen LogP contribution in [0.5, 0.6) is 5.75 Å². The lowest BCUT2D eigenvalue weighted by molar-refractivity contribution is 0.306. The van der Waals surface area contributed by atoms with Crippen LogP contribution in [0, 0.1) is 6.92 Å². The minimum atomic E-state index is 0.435. The second-order valence-corrected chi connectivity index (χ2v) is 7.02. The van der Waals surface area contributed by atoms with Crippen molar-refractivity contribution in [3.63, 3.8) is 0 Å². The van der Waals surface area contributed by atoms with Crippen LogP contribution in [0.25, 0.3) is 0 Å². The van der Waals surface area contributed by atoms with Crippen LogP contribution in [0.1, 0.15) is 16.7 Å². The number of thiocarbonyl (C=S) groups is 1. The fourth-order valence-electron chi connectivity index (χ4n) is 2.44. The maximum Gasteiger partial charge on any atom is 0.191 e. The molecule has 0 atom stereocenters. The summed E-state index contributed by atoms with van der Waals surface area (Å²) in [6.45, 7) is 2.52. The number of benzene rings is 3. The van der Waals surface area contributed by atoms with Crippen molar-refractivity contribution in [2.45, 2.75) is 13.5 Å². The molecule has 4 nitrogen and oxygen atoms in total. The van der Waals surface area contributed by atoms with Crippen LogP contribution < -0.4 is 15.5 Å². The van der Waals surface area contributed by atoms with Crippen molar-refractivity contribution in [1.29, 1.82) is 0 Å². The van der Waals surface area contributed by atoms with Gasteiger partial charge >= 0.3 is 0 Å². The third-order valence-electron chi connectivity index (χ3n) is 3.85. The van der Waals surface area contributed by atoms with Gasteiger partial charge in [0.1, 0.15) is 12.4 Å². The SMILES string of the molecule is Cc1cccc(NC(=S)N/N=C\c2ccc(OCc3ccc(Cl)cc3)cc2)c1. The summed E-state index contributed by atoms with van der Waals surface area (Å²) in [7, 11) is 0. The van der Waals surface area contributed by atoms with Crippen LogP contribution >= 0.6 is 23.8 Å². The quantitative estimate of drug-likeness (QED) is 0.318. The van der Waals surface area contributed by atoms with Gasteiger partial charge in [-0.1, -0.05) is 35.9 Å². The van der Waals surface area contributed by atoms with Gasteiger partial charge in [-0.05, 0) is 84.4 Å². The van der Waals surface area contributed by atoms with E-state index in [2.05, 4.69) is 15.8 Å². The molecule has 142 valence electrons. The van der Waals surface area contributed by atoms with Crippen LogP contribution in [0.2, 0.25) is 5.02 Å². The molecule has 0 aliphatic heterocycles. The average molecular weight is 410 g/mol. The van der Waals surface area contributed by atoms with E-state index in [0.717, 1.165) is 33.1 Å². The number of hydrazone groups is 1. The number of hydrogen-bond acceptors (Lipinski definition) is 3. The number of anilines is 1. The Bertz CT molecular complexity index is 956. The number of aryl methyl sites for hydroxylation is 1. The average Bonchev–Trinajstić information content (AvgIpc) is 2.68. The molecule has 0 aliphatic rings. The Labute approximate surface area is 175 Å². The summed E-state index contributed by atoms with van der Waals surface area (Å²) in [4.78, 5) is 0. The number of hydrogen-bond donors (Lipinski definition) is 2. The molecule has 0 bridgehead atoms. The highest BCUT2D eigenvalue weighted by Gasteiger charge is 1.98. The molecule has 0 spiro atoms. The molecule has 6 heteroatoms. The van der Waals surface area contributed by atoms with Gasteiger partial charge in [-0.15, -0.1) is 0 Å². The van der Waals surface area contributed by atoms with Gasteiger partial charge < -0.3 is 10.1 Å². The van der Waals surface area contributed by atoms with Gasteiger partial charge in [-0.25, -0.2) is 0 Å². The minimum absolute atomic E-state index is 0.435. The van der Waals surface area contributed by atoms with E-state index >= 15 is 0 Å². The summed E-state index contributed by atoms with van der Waals surface area (Å²) in [6, 6.07) is 23.2. The monoisotopic (exact) mass is 409 g/mol. The fourth-order valence-corrected chi connectivity index (χ4v) is 2.74. The molecule has 0 heterocycles. The van der Waals surface area contributed by atoms with Crippen molar-refractivity contribution in [3.05, 3.63) is 94.5 Å².